The van der Waals surface area contributed by atoms with Gasteiger partial charge in [-0.2, -0.15) is 0 Å². The van der Waals surface area contributed by atoms with Gasteiger partial charge < -0.3 is 18.9 Å². The van der Waals surface area contributed by atoms with Crippen LogP contribution in [-0.4, -0.2) is 27.1 Å². The third-order valence-electron chi connectivity index (χ3n) is 4.74. The number of methoxy groups -OCH3 is 3. The van der Waals surface area contributed by atoms with E-state index in [0.717, 1.165) is 24.5 Å². The maximum Gasteiger partial charge on any atom is 0.189 e. The molecule has 3 rings (SSSR count). The number of ether oxygens (including phenoxy) is 4. The molecule has 0 unspecified atom stereocenters. The van der Waals surface area contributed by atoms with Crippen LogP contribution < -0.4 is 18.9 Å². The first-order valence-corrected chi connectivity index (χ1v) is 12.1. The lowest BCUT2D eigenvalue weighted by Gasteiger charge is -2.14. The highest BCUT2D eigenvalue weighted by Gasteiger charge is 2.13. The van der Waals surface area contributed by atoms with Crippen LogP contribution in [0, 0.1) is 0 Å². The summed E-state index contributed by atoms with van der Waals surface area (Å²) in [6, 6.07) is 14.6. The molecular formula is C25H21Br3O5. The van der Waals surface area contributed by atoms with Crippen LogP contribution in [0.2, 0.25) is 0 Å². The van der Waals surface area contributed by atoms with Gasteiger partial charge in [-0.1, -0.05) is 28.1 Å². The van der Waals surface area contributed by atoms with Crippen molar-refractivity contribution in [3.05, 3.63) is 84.7 Å². The third-order valence-corrected chi connectivity index (χ3v) is 6.37. The summed E-state index contributed by atoms with van der Waals surface area (Å²) in [5.41, 5.74) is 2.10. The second kappa shape index (κ2) is 11.7. The van der Waals surface area contributed by atoms with Crippen molar-refractivity contribution >= 4 is 59.6 Å². The first-order valence-electron chi connectivity index (χ1n) is 9.75. The van der Waals surface area contributed by atoms with E-state index in [0.29, 0.717) is 28.6 Å². The Balaban J connectivity index is 1.82. The topological polar surface area (TPSA) is 54.0 Å². The van der Waals surface area contributed by atoms with Gasteiger partial charge >= 0.3 is 0 Å². The summed E-state index contributed by atoms with van der Waals surface area (Å²) in [6.07, 6.45) is 3.25. The standard InChI is InChI=1S/C25H21Br3O5/c1-30-18-6-9-24(32-3)19(13-18)22(29)7-4-15-5-8-23(31-2)16(10-15)14-33-25-20(27)11-17(26)12-21(25)28/h4-13H,14H2,1-3H3/b7-4+. The second-order valence-corrected chi connectivity index (χ2v) is 9.45. The summed E-state index contributed by atoms with van der Waals surface area (Å²) in [5.74, 6) is 2.25. The van der Waals surface area contributed by atoms with Crippen LogP contribution in [0.25, 0.3) is 6.08 Å². The number of rotatable bonds is 9. The van der Waals surface area contributed by atoms with Crippen molar-refractivity contribution in [2.75, 3.05) is 21.3 Å². The molecule has 0 spiro atoms. The van der Waals surface area contributed by atoms with Crippen molar-refractivity contribution < 1.29 is 23.7 Å². The zero-order chi connectivity index (χ0) is 24.0. The van der Waals surface area contributed by atoms with Gasteiger partial charge in [-0.05, 0) is 86.0 Å². The molecule has 8 heteroatoms. The summed E-state index contributed by atoms with van der Waals surface area (Å²) in [6.45, 7) is 0.279. The van der Waals surface area contributed by atoms with E-state index in [1.54, 1.807) is 38.5 Å². The summed E-state index contributed by atoms with van der Waals surface area (Å²) in [7, 11) is 4.69. The van der Waals surface area contributed by atoms with Gasteiger partial charge in [0.15, 0.2) is 5.78 Å². The van der Waals surface area contributed by atoms with Gasteiger partial charge in [0, 0.05) is 10.0 Å². The van der Waals surface area contributed by atoms with Gasteiger partial charge in [-0.3, -0.25) is 4.79 Å². The largest absolute Gasteiger partial charge is 0.497 e. The number of ketones is 1. The van der Waals surface area contributed by atoms with Gasteiger partial charge in [0.2, 0.25) is 0 Å². The van der Waals surface area contributed by atoms with Crippen molar-refractivity contribution in [2.45, 2.75) is 6.61 Å². The van der Waals surface area contributed by atoms with Gasteiger partial charge in [0.05, 0.1) is 35.8 Å². The molecule has 33 heavy (non-hydrogen) atoms. The molecule has 0 heterocycles. The van der Waals surface area contributed by atoms with Crippen LogP contribution in [0.3, 0.4) is 0 Å². The average molecular weight is 641 g/mol. The Kier molecular flexibility index (Phi) is 9.00. The molecule has 0 aliphatic heterocycles. The summed E-state index contributed by atoms with van der Waals surface area (Å²) in [4.78, 5) is 12.8. The molecule has 0 radical (unpaired) electrons. The quantitative estimate of drug-likeness (QED) is 0.179. The van der Waals surface area contributed by atoms with E-state index < -0.39 is 0 Å². The van der Waals surface area contributed by atoms with E-state index in [-0.39, 0.29) is 12.4 Å². The average Bonchev–Trinajstić information content (AvgIpc) is 2.81. The fourth-order valence-corrected chi connectivity index (χ4v) is 5.59. The minimum absolute atomic E-state index is 0.193. The predicted molar refractivity (Wildman–Crippen MR) is 140 cm³/mol. The fourth-order valence-electron chi connectivity index (χ4n) is 3.10. The molecule has 0 aromatic heterocycles. The molecule has 0 aliphatic carbocycles. The lowest BCUT2D eigenvalue weighted by molar-refractivity contribution is 0.104. The van der Waals surface area contributed by atoms with Crippen molar-refractivity contribution in [2.24, 2.45) is 0 Å². The SMILES string of the molecule is COc1ccc(OC)c(C(=O)/C=C/c2ccc(OC)c(COc3c(Br)cc(Br)cc3Br)c2)c1. The Hall–Kier alpha value is -2.29. The van der Waals surface area contributed by atoms with Crippen molar-refractivity contribution in [3.63, 3.8) is 0 Å². The molecule has 3 aromatic rings. The summed E-state index contributed by atoms with van der Waals surface area (Å²) >= 11 is 10.5. The molecule has 0 aliphatic rings. The van der Waals surface area contributed by atoms with E-state index >= 15 is 0 Å². The number of hydrogen-bond acceptors (Lipinski definition) is 5. The highest BCUT2D eigenvalue weighted by Crippen LogP contribution is 2.37. The lowest BCUT2D eigenvalue weighted by Crippen LogP contribution is -2.01. The molecule has 0 bridgehead atoms. The summed E-state index contributed by atoms with van der Waals surface area (Å²) in [5, 5.41) is 0. The highest BCUT2D eigenvalue weighted by molar-refractivity contribution is 9.11. The molecule has 172 valence electrons. The van der Waals surface area contributed by atoms with Crippen molar-refractivity contribution in [1.29, 1.82) is 0 Å². The normalized spacial score (nSPS) is 10.8. The minimum atomic E-state index is -0.193. The number of carbonyl (C=O) groups excluding carboxylic acids is 1. The Bertz CT molecular complexity index is 1170. The number of allylic oxidation sites excluding steroid dienone is 1. The monoisotopic (exact) mass is 638 g/mol. The number of halogens is 3. The maximum absolute atomic E-state index is 12.8. The molecule has 0 amide bonds. The first kappa shape index (κ1) is 25.3. The van der Waals surface area contributed by atoms with Crippen LogP contribution in [0.4, 0.5) is 0 Å². The van der Waals surface area contributed by atoms with Gasteiger partial charge in [0.1, 0.15) is 29.6 Å². The first-order chi connectivity index (χ1) is 15.9. The summed E-state index contributed by atoms with van der Waals surface area (Å²) < 4.78 is 24.6. The van der Waals surface area contributed by atoms with Crippen LogP contribution >= 0.6 is 47.8 Å². The number of benzene rings is 3. The molecule has 0 fully saturated rings. The van der Waals surface area contributed by atoms with E-state index in [9.17, 15) is 4.79 Å². The fraction of sp³-hybridized carbons (Fsp3) is 0.160. The Morgan fingerprint density at radius 1 is 0.848 bits per heavy atom. The minimum Gasteiger partial charge on any atom is -0.497 e. The van der Waals surface area contributed by atoms with Crippen LogP contribution in [0.15, 0.2) is 68.0 Å². The van der Waals surface area contributed by atoms with Gasteiger partial charge in [-0.15, -0.1) is 0 Å². The van der Waals surface area contributed by atoms with Crippen LogP contribution in [-0.2, 0) is 6.61 Å². The van der Waals surface area contributed by atoms with E-state index in [1.807, 2.05) is 30.3 Å². The van der Waals surface area contributed by atoms with E-state index in [4.69, 9.17) is 18.9 Å². The van der Waals surface area contributed by atoms with E-state index in [2.05, 4.69) is 47.8 Å². The predicted octanol–water partition coefficient (Wildman–Crippen LogP) is 7.48. The zero-order valence-electron chi connectivity index (χ0n) is 18.2. The third kappa shape index (κ3) is 6.40. The zero-order valence-corrected chi connectivity index (χ0v) is 22.9. The maximum atomic E-state index is 12.8. The van der Waals surface area contributed by atoms with Crippen molar-refractivity contribution in [1.82, 2.24) is 0 Å². The Morgan fingerprint density at radius 2 is 1.52 bits per heavy atom. The molecule has 0 saturated heterocycles. The molecule has 5 nitrogen and oxygen atoms in total. The number of hydrogen-bond donors (Lipinski definition) is 0. The molecular weight excluding hydrogens is 620 g/mol. The molecule has 0 saturated carbocycles. The Morgan fingerprint density at radius 3 is 2.15 bits per heavy atom. The van der Waals surface area contributed by atoms with Crippen LogP contribution in [0.1, 0.15) is 21.5 Å². The Labute approximate surface area is 218 Å². The van der Waals surface area contributed by atoms with Crippen LogP contribution in [0.5, 0.6) is 23.0 Å². The van der Waals surface area contributed by atoms with Crippen molar-refractivity contribution in [3.8, 4) is 23.0 Å². The van der Waals surface area contributed by atoms with E-state index in [1.165, 1.54) is 13.2 Å². The second-order valence-electron chi connectivity index (χ2n) is 6.82. The molecule has 0 atom stereocenters. The van der Waals surface area contributed by atoms with Gasteiger partial charge in [0.25, 0.3) is 0 Å². The molecule has 3 aromatic carbocycles. The lowest BCUT2D eigenvalue weighted by atomic mass is 10.1. The smallest absolute Gasteiger partial charge is 0.189 e. The highest BCUT2D eigenvalue weighted by atomic mass is 79.9. The number of carbonyl (C=O) groups is 1. The molecule has 0 N–H and O–H groups in total. The van der Waals surface area contributed by atoms with Gasteiger partial charge in [-0.25, -0.2) is 0 Å².